The molecule has 0 radical (unpaired) electrons. The van der Waals surface area contributed by atoms with E-state index in [1.807, 2.05) is 0 Å². The SMILES string of the molecule is Cc1c2cc(C(C)(C)C)cc1CC([S+](C)C)c1cc(C(C)(C)C)cc(c1C)CCCC2. The zero-order valence-corrected chi connectivity index (χ0v) is 22.6. The lowest BCUT2D eigenvalue weighted by Crippen LogP contribution is -2.20. The first kappa shape index (κ1) is 24.4. The highest BCUT2D eigenvalue weighted by Gasteiger charge is 2.30. The van der Waals surface area contributed by atoms with Gasteiger partial charge in [0, 0.05) is 12.0 Å². The zero-order valence-electron chi connectivity index (χ0n) is 21.8. The van der Waals surface area contributed by atoms with Crippen molar-refractivity contribution >= 4 is 10.9 Å². The van der Waals surface area contributed by atoms with Gasteiger partial charge in [-0.05, 0) is 106 Å². The molecule has 1 heteroatoms. The van der Waals surface area contributed by atoms with E-state index in [1.54, 1.807) is 33.4 Å². The van der Waals surface area contributed by atoms with Gasteiger partial charge in [-0.15, -0.1) is 0 Å². The Morgan fingerprint density at radius 3 is 1.61 bits per heavy atom. The fourth-order valence-corrected chi connectivity index (χ4v) is 6.20. The molecule has 0 aliphatic heterocycles. The van der Waals surface area contributed by atoms with Gasteiger partial charge < -0.3 is 0 Å². The lowest BCUT2D eigenvalue weighted by atomic mass is 9.79. The first-order valence-electron chi connectivity index (χ1n) is 12.1. The van der Waals surface area contributed by atoms with Gasteiger partial charge >= 0.3 is 0 Å². The molecule has 0 heterocycles. The highest BCUT2D eigenvalue weighted by molar-refractivity contribution is 7.95. The van der Waals surface area contributed by atoms with Crippen LogP contribution < -0.4 is 0 Å². The summed E-state index contributed by atoms with van der Waals surface area (Å²) in [6, 6.07) is 10.1. The molecule has 170 valence electrons. The molecule has 1 atom stereocenters. The van der Waals surface area contributed by atoms with Crippen LogP contribution in [0.5, 0.6) is 0 Å². The van der Waals surface area contributed by atoms with Gasteiger partial charge in [0.2, 0.25) is 0 Å². The van der Waals surface area contributed by atoms with Crippen molar-refractivity contribution in [1.29, 1.82) is 0 Å². The van der Waals surface area contributed by atoms with E-state index < -0.39 is 0 Å². The van der Waals surface area contributed by atoms with Gasteiger partial charge in [-0.2, -0.15) is 0 Å². The predicted molar refractivity (Wildman–Crippen MR) is 142 cm³/mol. The van der Waals surface area contributed by atoms with E-state index in [0.29, 0.717) is 16.1 Å². The molecule has 3 rings (SSSR count). The summed E-state index contributed by atoms with van der Waals surface area (Å²) in [4.78, 5) is 0. The van der Waals surface area contributed by atoms with Crippen LogP contribution in [0.1, 0.15) is 104 Å². The summed E-state index contributed by atoms with van der Waals surface area (Å²) < 4.78 is 0. The van der Waals surface area contributed by atoms with E-state index in [2.05, 4.69) is 92.2 Å². The fourth-order valence-electron chi connectivity index (χ4n) is 4.93. The molecule has 0 spiro atoms. The minimum atomic E-state index is 0.189. The molecule has 0 N–H and O–H groups in total. The number of rotatable bonds is 1. The lowest BCUT2D eigenvalue weighted by Gasteiger charge is -2.28. The normalized spacial score (nSPS) is 18.0. The molecule has 1 unspecified atom stereocenters. The van der Waals surface area contributed by atoms with Crippen molar-refractivity contribution in [3.8, 4) is 0 Å². The van der Waals surface area contributed by atoms with Gasteiger partial charge in [0.1, 0.15) is 5.25 Å². The van der Waals surface area contributed by atoms with Crippen LogP contribution in [0.15, 0.2) is 24.3 Å². The van der Waals surface area contributed by atoms with E-state index >= 15 is 0 Å². The van der Waals surface area contributed by atoms with Crippen molar-refractivity contribution in [2.75, 3.05) is 12.5 Å². The predicted octanol–water partition coefficient (Wildman–Crippen LogP) is 7.94. The summed E-state index contributed by atoms with van der Waals surface area (Å²) in [5.74, 6) is 0. The number of aryl methyl sites for hydroxylation is 2. The van der Waals surface area contributed by atoms with E-state index in [0.717, 1.165) is 6.42 Å². The van der Waals surface area contributed by atoms with Gasteiger partial charge in [0.05, 0.1) is 12.5 Å². The molecule has 4 bridgehead atoms. The summed E-state index contributed by atoms with van der Waals surface area (Å²) >= 11 is 0. The molecule has 0 fully saturated rings. The van der Waals surface area contributed by atoms with Crippen LogP contribution in [-0.2, 0) is 41.0 Å². The van der Waals surface area contributed by atoms with E-state index in [1.165, 1.54) is 36.8 Å². The first-order valence-corrected chi connectivity index (χ1v) is 14.2. The van der Waals surface area contributed by atoms with Crippen molar-refractivity contribution in [2.45, 2.75) is 104 Å². The van der Waals surface area contributed by atoms with Crippen LogP contribution in [0.3, 0.4) is 0 Å². The maximum atomic E-state index is 2.56. The van der Waals surface area contributed by atoms with Crippen LogP contribution in [0, 0.1) is 13.8 Å². The van der Waals surface area contributed by atoms with Crippen molar-refractivity contribution in [3.63, 3.8) is 0 Å². The van der Waals surface area contributed by atoms with Gasteiger partial charge in [0.15, 0.2) is 0 Å². The van der Waals surface area contributed by atoms with E-state index in [9.17, 15) is 0 Å². The number of fused-ring (bicyclic) bond motifs is 4. The van der Waals surface area contributed by atoms with Crippen LogP contribution >= 0.6 is 0 Å². The summed E-state index contributed by atoms with van der Waals surface area (Å²) in [7, 11) is 0.313. The molecule has 0 amide bonds. The lowest BCUT2D eigenvalue weighted by molar-refractivity contribution is 0.584. The quantitative estimate of drug-likeness (QED) is 0.397. The summed E-state index contributed by atoms with van der Waals surface area (Å²) in [5, 5.41) is 0.585. The molecule has 0 aromatic heterocycles. The average Bonchev–Trinajstić information content (AvgIpc) is 2.64. The van der Waals surface area contributed by atoms with Crippen LogP contribution in [0.2, 0.25) is 0 Å². The second-order valence-electron chi connectivity index (χ2n) is 12.0. The van der Waals surface area contributed by atoms with Gasteiger partial charge in [0.25, 0.3) is 0 Å². The Bertz CT molecular complexity index is 934. The Labute approximate surface area is 195 Å². The Kier molecular flexibility index (Phi) is 7.07. The molecule has 31 heavy (non-hydrogen) atoms. The third-order valence-corrected chi connectivity index (χ3v) is 8.93. The van der Waals surface area contributed by atoms with Gasteiger partial charge in [-0.25, -0.2) is 0 Å². The van der Waals surface area contributed by atoms with Gasteiger partial charge in [-0.1, -0.05) is 59.7 Å². The minimum absolute atomic E-state index is 0.189. The maximum absolute atomic E-state index is 2.56. The molecule has 0 saturated heterocycles. The second-order valence-corrected chi connectivity index (χ2v) is 14.4. The van der Waals surface area contributed by atoms with Crippen LogP contribution in [-0.4, -0.2) is 12.5 Å². The van der Waals surface area contributed by atoms with Crippen molar-refractivity contribution < 1.29 is 0 Å². The Morgan fingerprint density at radius 2 is 1.13 bits per heavy atom. The molecule has 2 aromatic carbocycles. The Morgan fingerprint density at radius 1 is 0.677 bits per heavy atom. The summed E-state index contributed by atoms with van der Waals surface area (Å²) in [5.41, 5.74) is 12.9. The summed E-state index contributed by atoms with van der Waals surface area (Å²) in [6.07, 6.45) is 11.0. The van der Waals surface area contributed by atoms with E-state index in [-0.39, 0.29) is 10.8 Å². The number of benzene rings is 2. The molecule has 0 nitrogen and oxygen atoms in total. The third-order valence-electron chi connectivity index (χ3n) is 7.37. The van der Waals surface area contributed by atoms with E-state index in [4.69, 9.17) is 0 Å². The van der Waals surface area contributed by atoms with Crippen LogP contribution in [0.25, 0.3) is 0 Å². The highest BCUT2D eigenvalue weighted by Crippen LogP contribution is 2.38. The fraction of sp³-hybridized carbons (Fsp3) is 0.600. The second kappa shape index (κ2) is 8.97. The van der Waals surface area contributed by atoms with Crippen molar-refractivity contribution in [3.05, 3.63) is 68.8 Å². The van der Waals surface area contributed by atoms with Crippen molar-refractivity contribution in [2.24, 2.45) is 0 Å². The Balaban J connectivity index is 2.23. The zero-order chi connectivity index (χ0) is 23.1. The molecular formula is C30H45S+. The molecular weight excluding hydrogens is 392 g/mol. The number of hydrogen-bond acceptors (Lipinski definition) is 0. The summed E-state index contributed by atoms with van der Waals surface area (Å²) in [6.45, 7) is 19.0. The monoisotopic (exact) mass is 437 g/mol. The Hall–Kier alpha value is -1.21. The van der Waals surface area contributed by atoms with Crippen molar-refractivity contribution in [1.82, 2.24) is 0 Å². The third kappa shape index (κ3) is 5.41. The maximum Gasteiger partial charge on any atom is 0.147 e. The minimum Gasteiger partial charge on any atom is -0.0561 e. The standard InChI is InChI=1S/C30H45S/c1-20-22-13-11-12-14-23-16-26(30(6,7)8)19-27(21(23)2)28(31(9)10)18-24(20)17-25(15-22)29(3,4)5/h15-17,19,28H,11-14,18H2,1-10H3/q+1. The molecule has 2 aromatic rings. The highest BCUT2D eigenvalue weighted by atomic mass is 32.2. The molecule has 0 saturated carbocycles. The first-order chi connectivity index (χ1) is 14.3. The van der Waals surface area contributed by atoms with Crippen LogP contribution in [0.4, 0.5) is 0 Å². The number of hydrogen-bond donors (Lipinski definition) is 0. The molecule has 1 aliphatic carbocycles. The topological polar surface area (TPSA) is 0 Å². The van der Waals surface area contributed by atoms with Gasteiger partial charge in [-0.3, -0.25) is 0 Å². The largest absolute Gasteiger partial charge is 0.147 e. The molecule has 1 aliphatic rings. The smallest absolute Gasteiger partial charge is 0.0561 e. The average molecular weight is 438 g/mol.